The molecule has 0 spiro atoms. The predicted molar refractivity (Wildman–Crippen MR) is 122 cm³/mol. The van der Waals surface area contributed by atoms with Gasteiger partial charge in [-0.2, -0.15) is 13.2 Å². The van der Waals surface area contributed by atoms with Gasteiger partial charge >= 0.3 is 12.3 Å². The van der Waals surface area contributed by atoms with Crippen molar-refractivity contribution in [3.63, 3.8) is 0 Å². The van der Waals surface area contributed by atoms with E-state index >= 15 is 0 Å². The van der Waals surface area contributed by atoms with E-state index in [2.05, 4.69) is 12.6 Å². The number of nitrogens with zero attached hydrogens (tertiary/aromatic N) is 1. The summed E-state index contributed by atoms with van der Waals surface area (Å²) in [4.78, 5) is 24.0. The van der Waals surface area contributed by atoms with Crippen molar-refractivity contribution in [1.82, 2.24) is 4.90 Å². The Hall–Kier alpha value is -2.52. The Morgan fingerprint density at radius 2 is 1.64 bits per heavy atom. The minimum absolute atomic E-state index is 0.139. The number of thiol groups is 1. The molecule has 9 heteroatoms. The van der Waals surface area contributed by atoms with Crippen LogP contribution in [0.4, 0.5) is 18.0 Å². The summed E-state index contributed by atoms with van der Waals surface area (Å²) in [6, 6.07) is 13.8. The van der Waals surface area contributed by atoms with Crippen LogP contribution in [-0.2, 0) is 22.3 Å². The van der Waals surface area contributed by atoms with Gasteiger partial charge in [-0.15, -0.1) is 12.6 Å². The molecule has 3 rings (SSSR count). The molecule has 0 aromatic heterocycles. The fraction of sp³-hybridized carbons (Fsp3) is 0.417. The molecule has 1 fully saturated rings. The molecule has 2 aromatic rings. The Bertz CT molecular complexity index is 912. The molecule has 33 heavy (non-hydrogen) atoms. The molecule has 0 bridgehead atoms. The van der Waals surface area contributed by atoms with Crippen molar-refractivity contribution in [3.8, 4) is 0 Å². The van der Waals surface area contributed by atoms with Crippen molar-refractivity contribution < 1.29 is 32.2 Å². The SMILES string of the molecule is CC(C)(C)OC(=O)N1CCC(OCc2ccc(C(F)(F)F)cc2)C1.O=C(S)c1ccccc1. The van der Waals surface area contributed by atoms with Crippen LogP contribution in [0.2, 0.25) is 0 Å². The number of amides is 1. The van der Waals surface area contributed by atoms with E-state index in [1.165, 1.54) is 12.1 Å². The van der Waals surface area contributed by atoms with Gasteiger partial charge in [0.1, 0.15) is 5.60 Å². The standard InChI is InChI=1S/C17H22F3NO3.C7H6OS/c1-16(2,3)24-15(22)21-9-8-14(10-21)23-11-12-4-6-13(7-5-12)17(18,19)20;8-7(9)6-4-2-1-3-5-6/h4-7,14H,8-11H2,1-3H3;1-5H,(H,8,9). The van der Waals surface area contributed by atoms with E-state index in [0.29, 0.717) is 30.6 Å². The minimum atomic E-state index is -4.33. The quantitative estimate of drug-likeness (QED) is 0.543. The summed E-state index contributed by atoms with van der Waals surface area (Å²) >= 11 is 3.65. The lowest BCUT2D eigenvalue weighted by Gasteiger charge is -2.24. The van der Waals surface area contributed by atoms with E-state index in [9.17, 15) is 22.8 Å². The topological polar surface area (TPSA) is 55.8 Å². The lowest BCUT2D eigenvalue weighted by molar-refractivity contribution is -0.137. The number of hydrogen-bond acceptors (Lipinski definition) is 4. The van der Waals surface area contributed by atoms with Crippen molar-refractivity contribution in [2.75, 3.05) is 13.1 Å². The van der Waals surface area contributed by atoms with E-state index in [4.69, 9.17) is 9.47 Å². The summed E-state index contributed by atoms with van der Waals surface area (Å²) in [5.74, 6) is 0. The van der Waals surface area contributed by atoms with Crippen molar-refractivity contribution in [1.29, 1.82) is 0 Å². The maximum absolute atomic E-state index is 12.5. The van der Waals surface area contributed by atoms with Crippen molar-refractivity contribution >= 4 is 23.8 Å². The number of alkyl halides is 3. The van der Waals surface area contributed by atoms with Crippen LogP contribution in [0.15, 0.2) is 54.6 Å². The van der Waals surface area contributed by atoms with Gasteiger partial charge in [0.25, 0.3) is 0 Å². The third kappa shape index (κ3) is 9.47. The number of likely N-dealkylation sites (tertiary alicyclic amines) is 1. The van der Waals surface area contributed by atoms with Crippen LogP contribution in [0.3, 0.4) is 0 Å². The van der Waals surface area contributed by atoms with Gasteiger partial charge in [-0.1, -0.05) is 42.5 Å². The van der Waals surface area contributed by atoms with E-state index in [0.717, 1.165) is 12.1 Å². The van der Waals surface area contributed by atoms with E-state index in [-0.39, 0.29) is 23.9 Å². The van der Waals surface area contributed by atoms with Crippen LogP contribution < -0.4 is 0 Å². The summed E-state index contributed by atoms with van der Waals surface area (Å²) in [5, 5.41) is -0.185. The average Bonchev–Trinajstić information content (AvgIpc) is 3.21. The first kappa shape index (κ1) is 26.7. The van der Waals surface area contributed by atoms with Gasteiger partial charge < -0.3 is 14.4 Å². The molecule has 180 valence electrons. The fourth-order valence-electron chi connectivity index (χ4n) is 2.94. The Morgan fingerprint density at radius 3 is 2.12 bits per heavy atom. The predicted octanol–water partition coefficient (Wildman–Crippen LogP) is 5.99. The Kier molecular flexibility index (Phi) is 9.36. The number of hydrogen-bond donors (Lipinski definition) is 1. The highest BCUT2D eigenvalue weighted by Crippen LogP contribution is 2.29. The van der Waals surface area contributed by atoms with E-state index < -0.39 is 17.3 Å². The number of carbonyl (C=O) groups is 2. The van der Waals surface area contributed by atoms with Crippen LogP contribution in [0.25, 0.3) is 0 Å². The molecular formula is C24H28F3NO4S. The van der Waals surface area contributed by atoms with Crippen LogP contribution in [0.5, 0.6) is 0 Å². The van der Waals surface area contributed by atoms with Gasteiger partial charge in [-0.05, 0) is 44.9 Å². The van der Waals surface area contributed by atoms with Gasteiger partial charge in [0.2, 0.25) is 5.12 Å². The first-order chi connectivity index (χ1) is 15.3. The third-order valence-electron chi connectivity index (χ3n) is 4.58. The van der Waals surface area contributed by atoms with Gasteiger partial charge in [0.05, 0.1) is 24.8 Å². The fourth-order valence-corrected chi connectivity index (χ4v) is 3.09. The zero-order valence-corrected chi connectivity index (χ0v) is 19.7. The van der Waals surface area contributed by atoms with E-state index in [1.54, 1.807) is 37.8 Å². The number of rotatable bonds is 4. The second-order valence-corrected chi connectivity index (χ2v) is 8.92. The van der Waals surface area contributed by atoms with E-state index in [1.807, 2.05) is 18.2 Å². The molecule has 1 atom stereocenters. The summed E-state index contributed by atoms with van der Waals surface area (Å²) in [6.45, 7) is 6.60. The molecule has 1 aliphatic heterocycles. The molecule has 1 heterocycles. The van der Waals surface area contributed by atoms with Crippen LogP contribution in [-0.4, -0.2) is 40.9 Å². The number of benzene rings is 2. The van der Waals surface area contributed by atoms with Crippen molar-refractivity contribution in [2.24, 2.45) is 0 Å². The average molecular weight is 484 g/mol. The zero-order chi connectivity index (χ0) is 24.6. The third-order valence-corrected chi connectivity index (χ3v) is 4.84. The number of halogens is 3. The molecule has 1 unspecified atom stereocenters. The first-order valence-electron chi connectivity index (χ1n) is 10.4. The molecular weight excluding hydrogens is 455 g/mol. The highest BCUT2D eigenvalue weighted by molar-refractivity contribution is 7.97. The largest absolute Gasteiger partial charge is 0.444 e. The van der Waals surface area contributed by atoms with Crippen LogP contribution >= 0.6 is 12.6 Å². The highest BCUT2D eigenvalue weighted by Gasteiger charge is 2.31. The van der Waals surface area contributed by atoms with Gasteiger partial charge in [0.15, 0.2) is 0 Å². The molecule has 5 nitrogen and oxygen atoms in total. The highest BCUT2D eigenvalue weighted by atomic mass is 32.1. The number of carbonyl (C=O) groups excluding carboxylic acids is 2. The van der Waals surface area contributed by atoms with Crippen LogP contribution in [0.1, 0.15) is 48.7 Å². The van der Waals surface area contributed by atoms with Gasteiger partial charge in [-0.3, -0.25) is 4.79 Å². The van der Waals surface area contributed by atoms with Gasteiger partial charge in [-0.25, -0.2) is 4.79 Å². The summed E-state index contributed by atoms with van der Waals surface area (Å²) in [6.07, 6.45) is -4.17. The first-order valence-corrected chi connectivity index (χ1v) is 10.8. The second-order valence-electron chi connectivity index (χ2n) is 8.51. The molecule has 0 radical (unpaired) electrons. The summed E-state index contributed by atoms with van der Waals surface area (Å²) < 4.78 is 48.5. The Labute approximate surface area is 197 Å². The second kappa shape index (κ2) is 11.6. The van der Waals surface area contributed by atoms with Gasteiger partial charge in [0, 0.05) is 12.1 Å². The van der Waals surface area contributed by atoms with Crippen molar-refractivity contribution in [2.45, 2.75) is 51.7 Å². The summed E-state index contributed by atoms with van der Waals surface area (Å²) in [7, 11) is 0. The van der Waals surface area contributed by atoms with Crippen LogP contribution in [0, 0.1) is 0 Å². The minimum Gasteiger partial charge on any atom is -0.444 e. The summed E-state index contributed by atoms with van der Waals surface area (Å²) in [5.41, 5.74) is 0.0822. The molecule has 2 aromatic carbocycles. The molecule has 1 amide bonds. The zero-order valence-electron chi connectivity index (χ0n) is 18.8. The Balaban J connectivity index is 0.000000357. The molecule has 0 saturated carbocycles. The maximum atomic E-state index is 12.5. The lowest BCUT2D eigenvalue weighted by atomic mass is 10.1. The lowest BCUT2D eigenvalue weighted by Crippen LogP contribution is -2.36. The monoisotopic (exact) mass is 483 g/mol. The smallest absolute Gasteiger partial charge is 0.416 e. The van der Waals surface area contributed by atoms with Crippen molar-refractivity contribution in [3.05, 3.63) is 71.3 Å². The number of ether oxygens (including phenoxy) is 2. The molecule has 1 aliphatic rings. The molecule has 1 saturated heterocycles. The normalized spacial score (nSPS) is 16.1. The molecule has 0 N–H and O–H groups in total. The maximum Gasteiger partial charge on any atom is 0.416 e. The Morgan fingerprint density at radius 1 is 1.03 bits per heavy atom. The molecule has 0 aliphatic carbocycles.